The van der Waals surface area contributed by atoms with Crippen molar-refractivity contribution in [2.45, 2.75) is 13.8 Å². The molecular weight excluding hydrogens is 396 g/mol. The molecule has 0 spiro atoms. The average molecular weight is 421 g/mol. The molecule has 1 amide bonds. The van der Waals surface area contributed by atoms with Gasteiger partial charge in [-0.1, -0.05) is 30.3 Å². The van der Waals surface area contributed by atoms with Gasteiger partial charge < -0.3 is 14.8 Å². The SMILES string of the molecule is Cc1cccc(NC(=S)NC(=O)c2ccc(OCCOc3ccccc3)cc2)c1C. The van der Waals surface area contributed by atoms with E-state index < -0.39 is 0 Å². The molecule has 0 atom stereocenters. The third-order valence-electron chi connectivity index (χ3n) is 4.56. The number of carbonyl (C=O) groups excluding carboxylic acids is 1. The van der Waals surface area contributed by atoms with E-state index in [0.717, 1.165) is 22.6 Å². The maximum Gasteiger partial charge on any atom is 0.257 e. The lowest BCUT2D eigenvalue weighted by Crippen LogP contribution is -2.34. The highest BCUT2D eigenvalue weighted by Gasteiger charge is 2.09. The molecule has 0 aliphatic carbocycles. The van der Waals surface area contributed by atoms with Gasteiger partial charge in [0.05, 0.1) is 0 Å². The fourth-order valence-electron chi connectivity index (χ4n) is 2.75. The normalized spacial score (nSPS) is 10.2. The molecule has 2 N–H and O–H groups in total. The predicted octanol–water partition coefficient (Wildman–Crippen LogP) is 4.89. The van der Waals surface area contributed by atoms with E-state index in [0.29, 0.717) is 24.5 Å². The molecule has 6 heteroatoms. The lowest BCUT2D eigenvalue weighted by atomic mass is 10.1. The summed E-state index contributed by atoms with van der Waals surface area (Å²) >= 11 is 5.27. The highest BCUT2D eigenvalue weighted by Crippen LogP contribution is 2.18. The van der Waals surface area contributed by atoms with Crippen LogP contribution in [0, 0.1) is 13.8 Å². The number of hydrogen-bond acceptors (Lipinski definition) is 4. The molecule has 0 radical (unpaired) electrons. The van der Waals surface area contributed by atoms with Crippen LogP contribution in [0.15, 0.2) is 72.8 Å². The molecule has 0 fully saturated rings. The van der Waals surface area contributed by atoms with Gasteiger partial charge in [0.1, 0.15) is 24.7 Å². The van der Waals surface area contributed by atoms with E-state index in [1.54, 1.807) is 24.3 Å². The average Bonchev–Trinajstić information content (AvgIpc) is 2.75. The van der Waals surface area contributed by atoms with Crippen molar-refractivity contribution in [3.05, 3.63) is 89.5 Å². The summed E-state index contributed by atoms with van der Waals surface area (Å²) < 4.78 is 11.2. The number of nitrogens with one attached hydrogen (secondary N) is 2. The van der Waals surface area contributed by atoms with Gasteiger partial charge in [0.15, 0.2) is 5.11 Å². The van der Waals surface area contributed by atoms with E-state index in [9.17, 15) is 4.79 Å². The van der Waals surface area contributed by atoms with E-state index in [1.807, 2.05) is 62.4 Å². The summed E-state index contributed by atoms with van der Waals surface area (Å²) in [4.78, 5) is 12.4. The molecule has 30 heavy (non-hydrogen) atoms. The molecule has 0 heterocycles. The molecule has 0 bridgehead atoms. The summed E-state index contributed by atoms with van der Waals surface area (Å²) in [5, 5.41) is 6.03. The lowest BCUT2D eigenvalue weighted by Gasteiger charge is -2.13. The zero-order chi connectivity index (χ0) is 21.3. The second-order valence-electron chi connectivity index (χ2n) is 6.69. The molecular formula is C24H24N2O3S. The van der Waals surface area contributed by atoms with Crippen LogP contribution in [0.25, 0.3) is 0 Å². The van der Waals surface area contributed by atoms with Gasteiger partial charge in [0.2, 0.25) is 0 Å². The Morgan fingerprint density at radius 2 is 1.47 bits per heavy atom. The molecule has 0 aliphatic heterocycles. The van der Waals surface area contributed by atoms with Gasteiger partial charge in [-0.15, -0.1) is 0 Å². The molecule has 0 saturated heterocycles. The van der Waals surface area contributed by atoms with Gasteiger partial charge in [-0.3, -0.25) is 10.1 Å². The number of ether oxygens (including phenoxy) is 2. The minimum atomic E-state index is -0.281. The highest BCUT2D eigenvalue weighted by atomic mass is 32.1. The Morgan fingerprint density at radius 1 is 0.833 bits per heavy atom. The third-order valence-corrected chi connectivity index (χ3v) is 4.76. The highest BCUT2D eigenvalue weighted by molar-refractivity contribution is 7.80. The minimum absolute atomic E-state index is 0.257. The fraction of sp³-hybridized carbons (Fsp3) is 0.167. The van der Waals surface area contributed by atoms with Crippen LogP contribution in [0.5, 0.6) is 11.5 Å². The van der Waals surface area contributed by atoms with E-state index in [2.05, 4.69) is 10.6 Å². The van der Waals surface area contributed by atoms with Crippen molar-refractivity contribution in [1.29, 1.82) is 0 Å². The standard InChI is InChI=1S/C24H24N2O3S/c1-17-7-6-10-22(18(17)2)25-24(30)26-23(27)19-11-13-21(14-12-19)29-16-15-28-20-8-4-3-5-9-20/h3-14H,15-16H2,1-2H3,(H2,25,26,27,30). The van der Waals surface area contributed by atoms with Crippen molar-refractivity contribution >= 4 is 28.9 Å². The Bertz CT molecular complexity index is 1000. The summed E-state index contributed by atoms with van der Waals surface area (Å²) in [6.45, 7) is 4.88. The van der Waals surface area contributed by atoms with E-state index >= 15 is 0 Å². The summed E-state index contributed by atoms with van der Waals surface area (Å²) in [5.41, 5.74) is 3.61. The van der Waals surface area contributed by atoms with Crippen LogP contribution in [0.3, 0.4) is 0 Å². The van der Waals surface area contributed by atoms with Crippen molar-refractivity contribution in [2.75, 3.05) is 18.5 Å². The first-order chi connectivity index (χ1) is 14.5. The number of carbonyl (C=O) groups is 1. The number of amides is 1. The third kappa shape index (κ3) is 6.06. The molecule has 3 aromatic carbocycles. The fourth-order valence-corrected chi connectivity index (χ4v) is 2.96. The molecule has 0 aromatic heterocycles. The quantitative estimate of drug-likeness (QED) is 0.421. The zero-order valence-electron chi connectivity index (χ0n) is 17.0. The minimum Gasteiger partial charge on any atom is -0.490 e. The van der Waals surface area contributed by atoms with Crippen molar-refractivity contribution in [3.63, 3.8) is 0 Å². The summed E-state index contributed by atoms with van der Waals surface area (Å²) in [7, 11) is 0. The molecule has 0 aliphatic rings. The number of hydrogen-bond donors (Lipinski definition) is 2. The topological polar surface area (TPSA) is 59.6 Å². The maximum atomic E-state index is 12.4. The summed E-state index contributed by atoms with van der Waals surface area (Å²) in [6, 6.07) is 22.4. The summed E-state index contributed by atoms with van der Waals surface area (Å²) in [5.74, 6) is 1.19. The lowest BCUT2D eigenvalue weighted by molar-refractivity contribution is 0.0977. The first-order valence-electron chi connectivity index (χ1n) is 9.62. The second-order valence-corrected chi connectivity index (χ2v) is 7.10. The Kier molecular flexibility index (Phi) is 7.40. The zero-order valence-corrected chi connectivity index (χ0v) is 17.8. The number of para-hydroxylation sites is 1. The molecule has 0 saturated carbocycles. The van der Waals surface area contributed by atoms with Crippen LogP contribution < -0.4 is 20.1 Å². The van der Waals surface area contributed by atoms with Gasteiger partial charge in [-0.25, -0.2) is 0 Å². The van der Waals surface area contributed by atoms with E-state index in [1.165, 1.54) is 0 Å². The monoisotopic (exact) mass is 420 g/mol. The Hall–Kier alpha value is -3.38. The Morgan fingerprint density at radius 3 is 2.13 bits per heavy atom. The van der Waals surface area contributed by atoms with Gasteiger partial charge in [-0.2, -0.15) is 0 Å². The maximum absolute atomic E-state index is 12.4. The van der Waals surface area contributed by atoms with Crippen LogP contribution in [-0.2, 0) is 0 Å². The van der Waals surface area contributed by atoms with Crippen molar-refractivity contribution in [2.24, 2.45) is 0 Å². The van der Waals surface area contributed by atoms with Crippen LogP contribution in [0.4, 0.5) is 5.69 Å². The summed E-state index contributed by atoms with van der Waals surface area (Å²) in [6.07, 6.45) is 0. The van der Waals surface area contributed by atoms with Crippen LogP contribution >= 0.6 is 12.2 Å². The number of benzene rings is 3. The van der Waals surface area contributed by atoms with Crippen molar-refractivity contribution in [1.82, 2.24) is 5.32 Å². The van der Waals surface area contributed by atoms with Crippen molar-refractivity contribution < 1.29 is 14.3 Å². The Balaban J connectivity index is 1.46. The molecule has 154 valence electrons. The van der Waals surface area contributed by atoms with Crippen LogP contribution in [0.2, 0.25) is 0 Å². The smallest absolute Gasteiger partial charge is 0.257 e. The predicted molar refractivity (Wildman–Crippen MR) is 123 cm³/mol. The molecule has 3 aromatic rings. The Labute approximate surface area is 182 Å². The first-order valence-corrected chi connectivity index (χ1v) is 10.0. The molecule has 3 rings (SSSR count). The van der Waals surface area contributed by atoms with Gasteiger partial charge in [0, 0.05) is 11.3 Å². The number of anilines is 1. The van der Waals surface area contributed by atoms with Crippen LogP contribution in [-0.4, -0.2) is 24.2 Å². The second kappa shape index (κ2) is 10.4. The molecule has 0 unspecified atom stereocenters. The molecule has 5 nitrogen and oxygen atoms in total. The van der Waals surface area contributed by atoms with E-state index in [-0.39, 0.29) is 11.0 Å². The van der Waals surface area contributed by atoms with Crippen molar-refractivity contribution in [3.8, 4) is 11.5 Å². The first kappa shape index (κ1) is 21.3. The van der Waals surface area contributed by atoms with Gasteiger partial charge in [-0.05, 0) is 79.7 Å². The van der Waals surface area contributed by atoms with Gasteiger partial charge in [0.25, 0.3) is 5.91 Å². The number of rotatable bonds is 7. The van der Waals surface area contributed by atoms with Gasteiger partial charge >= 0.3 is 0 Å². The number of aryl methyl sites for hydroxylation is 1. The van der Waals surface area contributed by atoms with Crippen LogP contribution in [0.1, 0.15) is 21.5 Å². The number of thiocarbonyl (C=S) groups is 1. The van der Waals surface area contributed by atoms with E-state index in [4.69, 9.17) is 21.7 Å². The largest absolute Gasteiger partial charge is 0.490 e.